The predicted octanol–water partition coefficient (Wildman–Crippen LogP) is 2.65. The van der Waals surface area contributed by atoms with Gasteiger partial charge in [-0.3, -0.25) is 4.79 Å². The van der Waals surface area contributed by atoms with E-state index in [1.165, 1.54) is 11.8 Å². The molecule has 100 valence electrons. The summed E-state index contributed by atoms with van der Waals surface area (Å²) in [6.07, 6.45) is 2.24. The monoisotopic (exact) mass is 275 g/mol. The van der Waals surface area contributed by atoms with Crippen molar-refractivity contribution in [3.8, 4) is 0 Å². The highest BCUT2D eigenvalue weighted by atomic mass is 32.2. The van der Waals surface area contributed by atoms with E-state index >= 15 is 0 Å². The lowest BCUT2D eigenvalue weighted by atomic mass is 10.0. The highest BCUT2D eigenvalue weighted by Crippen LogP contribution is 2.13. The molecule has 2 N–H and O–H groups in total. The topological polar surface area (TPSA) is 56.2 Å². The summed E-state index contributed by atoms with van der Waals surface area (Å²) in [4.78, 5) is 11.9. The first-order valence-electron chi connectivity index (χ1n) is 6.18. The summed E-state index contributed by atoms with van der Waals surface area (Å²) in [5.41, 5.74) is 7.02. The van der Waals surface area contributed by atoms with Crippen molar-refractivity contribution in [2.75, 3.05) is 5.75 Å². The van der Waals surface area contributed by atoms with Crippen LogP contribution in [0.15, 0.2) is 53.1 Å². The molecule has 0 spiro atoms. The van der Waals surface area contributed by atoms with Gasteiger partial charge in [-0.15, -0.1) is 11.8 Å². The lowest BCUT2D eigenvalue weighted by molar-refractivity contribution is -0.117. The van der Waals surface area contributed by atoms with Crippen LogP contribution >= 0.6 is 11.8 Å². The SMILES string of the molecule is NC(Cc1ccccc1)C(=O)CSCc1ccco1. The third-order valence-corrected chi connectivity index (χ3v) is 3.76. The number of carbonyl (C=O) groups excluding carboxylic acids is 1. The standard InChI is InChI=1S/C15H17NO2S/c16-14(9-12-5-2-1-3-6-12)15(17)11-19-10-13-7-4-8-18-13/h1-8,14H,9-11,16H2. The third-order valence-electron chi connectivity index (χ3n) is 2.78. The Morgan fingerprint density at radius 2 is 2.00 bits per heavy atom. The molecule has 1 heterocycles. The lowest BCUT2D eigenvalue weighted by Crippen LogP contribution is -2.34. The first-order chi connectivity index (χ1) is 9.25. The van der Waals surface area contributed by atoms with Gasteiger partial charge in [-0.2, -0.15) is 0 Å². The summed E-state index contributed by atoms with van der Waals surface area (Å²) in [5.74, 6) is 2.10. The van der Waals surface area contributed by atoms with Crippen molar-refractivity contribution < 1.29 is 9.21 Å². The van der Waals surface area contributed by atoms with Crippen LogP contribution in [-0.2, 0) is 17.0 Å². The fraction of sp³-hybridized carbons (Fsp3) is 0.267. The average Bonchev–Trinajstić information content (AvgIpc) is 2.93. The van der Waals surface area contributed by atoms with Crippen molar-refractivity contribution in [2.24, 2.45) is 5.73 Å². The highest BCUT2D eigenvalue weighted by Gasteiger charge is 2.14. The molecule has 0 saturated carbocycles. The Hall–Kier alpha value is -1.52. The van der Waals surface area contributed by atoms with Gasteiger partial charge in [0.15, 0.2) is 5.78 Å². The minimum absolute atomic E-state index is 0.0837. The second kappa shape index (κ2) is 7.16. The number of carbonyl (C=O) groups is 1. The number of hydrogen-bond acceptors (Lipinski definition) is 4. The molecule has 2 aromatic rings. The number of Topliss-reactive ketones (excluding diaryl/α,β-unsaturated/α-hetero) is 1. The maximum Gasteiger partial charge on any atom is 0.159 e. The van der Waals surface area contributed by atoms with E-state index in [9.17, 15) is 4.79 Å². The smallest absolute Gasteiger partial charge is 0.159 e. The molecular formula is C15H17NO2S. The first-order valence-corrected chi connectivity index (χ1v) is 7.33. The lowest BCUT2D eigenvalue weighted by Gasteiger charge is -2.10. The van der Waals surface area contributed by atoms with E-state index in [-0.39, 0.29) is 5.78 Å². The maximum absolute atomic E-state index is 11.9. The van der Waals surface area contributed by atoms with Gasteiger partial charge in [0.1, 0.15) is 5.76 Å². The van der Waals surface area contributed by atoms with Gasteiger partial charge in [-0.1, -0.05) is 30.3 Å². The molecule has 0 aliphatic carbocycles. The molecule has 3 nitrogen and oxygen atoms in total. The van der Waals surface area contributed by atoms with Gasteiger partial charge in [0, 0.05) is 0 Å². The number of rotatable bonds is 7. The van der Waals surface area contributed by atoms with Gasteiger partial charge in [-0.05, 0) is 24.1 Å². The molecule has 0 amide bonds. The molecule has 4 heteroatoms. The van der Waals surface area contributed by atoms with Crippen molar-refractivity contribution in [3.63, 3.8) is 0 Å². The zero-order valence-electron chi connectivity index (χ0n) is 10.6. The van der Waals surface area contributed by atoms with Gasteiger partial charge in [0.05, 0.1) is 23.8 Å². The fourth-order valence-corrected chi connectivity index (χ4v) is 2.62. The largest absolute Gasteiger partial charge is 0.468 e. The summed E-state index contributed by atoms with van der Waals surface area (Å²) < 4.78 is 5.21. The Bertz CT molecular complexity index is 496. The van der Waals surface area contributed by atoms with Crippen LogP contribution in [0, 0.1) is 0 Å². The fourth-order valence-electron chi connectivity index (χ4n) is 1.74. The van der Waals surface area contributed by atoms with Crippen LogP contribution in [0.3, 0.4) is 0 Å². The number of benzene rings is 1. The molecule has 1 aromatic heterocycles. The number of nitrogens with two attached hydrogens (primary N) is 1. The van der Waals surface area contributed by atoms with Gasteiger partial charge < -0.3 is 10.2 Å². The van der Waals surface area contributed by atoms with E-state index in [0.717, 1.165) is 11.3 Å². The van der Waals surface area contributed by atoms with Crippen molar-refractivity contribution in [3.05, 3.63) is 60.1 Å². The number of thioether (sulfide) groups is 1. The van der Waals surface area contributed by atoms with E-state index in [4.69, 9.17) is 10.2 Å². The van der Waals surface area contributed by atoms with E-state index in [1.807, 2.05) is 42.5 Å². The molecular weight excluding hydrogens is 258 g/mol. The first kappa shape index (κ1) is 13.9. The van der Waals surface area contributed by atoms with Crippen LogP contribution in [0.4, 0.5) is 0 Å². The predicted molar refractivity (Wildman–Crippen MR) is 78.0 cm³/mol. The number of furan rings is 1. The van der Waals surface area contributed by atoms with E-state index in [2.05, 4.69) is 0 Å². The summed E-state index contributed by atoms with van der Waals surface area (Å²) in [6.45, 7) is 0. The molecule has 0 radical (unpaired) electrons. The van der Waals surface area contributed by atoms with Crippen LogP contribution in [0.5, 0.6) is 0 Å². The van der Waals surface area contributed by atoms with Crippen molar-refractivity contribution >= 4 is 17.5 Å². The Labute approximate surface area is 117 Å². The van der Waals surface area contributed by atoms with Crippen molar-refractivity contribution in [1.29, 1.82) is 0 Å². The van der Waals surface area contributed by atoms with Gasteiger partial charge in [-0.25, -0.2) is 0 Å². The van der Waals surface area contributed by atoms with Crippen LogP contribution in [0.25, 0.3) is 0 Å². The van der Waals surface area contributed by atoms with Gasteiger partial charge >= 0.3 is 0 Å². The van der Waals surface area contributed by atoms with E-state index < -0.39 is 6.04 Å². The zero-order chi connectivity index (χ0) is 13.5. The minimum Gasteiger partial charge on any atom is -0.468 e. The summed E-state index contributed by atoms with van der Waals surface area (Å²) in [5, 5.41) is 0. The van der Waals surface area contributed by atoms with Crippen molar-refractivity contribution in [2.45, 2.75) is 18.2 Å². The van der Waals surface area contributed by atoms with Gasteiger partial charge in [0.25, 0.3) is 0 Å². The Kier molecular flexibility index (Phi) is 5.24. The molecule has 1 unspecified atom stereocenters. The van der Waals surface area contributed by atoms with E-state index in [1.54, 1.807) is 6.26 Å². The molecule has 1 atom stereocenters. The molecule has 2 rings (SSSR count). The van der Waals surface area contributed by atoms with Crippen LogP contribution in [-0.4, -0.2) is 17.6 Å². The Balaban J connectivity index is 1.73. The molecule has 0 bridgehead atoms. The maximum atomic E-state index is 11.9. The zero-order valence-corrected chi connectivity index (χ0v) is 11.4. The third kappa shape index (κ3) is 4.58. The normalized spacial score (nSPS) is 12.3. The molecule has 19 heavy (non-hydrogen) atoms. The van der Waals surface area contributed by atoms with Crippen LogP contribution in [0.2, 0.25) is 0 Å². The van der Waals surface area contributed by atoms with Crippen LogP contribution in [0.1, 0.15) is 11.3 Å². The highest BCUT2D eigenvalue weighted by molar-refractivity contribution is 7.99. The molecule has 0 saturated heterocycles. The Morgan fingerprint density at radius 3 is 2.68 bits per heavy atom. The molecule has 0 aliphatic heterocycles. The molecule has 1 aromatic carbocycles. The quantitative estimate of drug-likeness (QED) is 0.844. The molecule has 0 aliphatic rings. The minimum atomic E-state index is -0.425. The van der Waals surface area contributed by atoms with E-state index in [0.29, 0.717) is 17.9 Å². The second-order valence-corrected chi connectivity index (χ2v) is 5.32. The summed E-state index contributed by atoms with van der Waals surface area (Å²) in [6, 6.07) is 13.2. The second-order valence-electron chi connectivity index (χ2n) is 4.33. The molecule has 0 fully saturated rings. The van der Waals surface area contributed by atoms with Crippen molar-refractivity contribution in [1.82, 2.24) is 0 Å². The number of ketones is 1. The van der Waals surface area contributed by atoms with Gasteiger partial charge in [0.2, 0.25) is 0 Å². The summed E-state index contributed by atoms with van der Waals surface area (Å²) >= 11 is 1.53. The summed E-state index contributed by atoms with van der Waals surface area (Å²) in [7, 11) is 0. The average molecular weight is 275 g/mol. The Morgan fingerprint density at radius 1 is 1.21 bits per heavy atom. The van der Waals surface area contributed by atoms with Crippen LogP contribution < -0.4 is 5.73 Å². The number of hydrogen-bond donors (Lipinski definition) is 1.